The van der Waals surface area contributed by atoms with Crippen LogP contribution in [0.3, 0.4) is 0 Å². The molecular weight excluding hydrogens is 469 g/mol. The number of aryl methyl sites for hydroxylation is 1. The van der Waals surface area contributed by atoms with Gasteiger partial charge in [0.15, 0.2) is 11.8 Å². The van der Waals surface area contributed by atoms with Crippen LogP contribution in [0.15, 0.2) is 71.9 Å². The predicted molar refractivity (Wildman–Crippen MR) is 133 cm³/mol. The van der Waals surface area contributed by atoms with Crippen molar-refractivity contribution >= 4 is 40.4 Å². The molecule has 0 spiro atoms. The fourth-order valence-corrected chi connectivity index (χ4v) is 4.32. The summed E-state index contributed by atoms with van der Waals surface area (Å²) >= 11 is 1.22. The van der Waals surface area contributed by atoms with Gasteiger partial charge in [-0.2, -0.15) is 0 Å². The van der Waals surface area contributed by atoms with Crippen molar-refractivity contribution < 1.29 is 23.5 Å². The molecule has 4 aromatic rings. The standard InChI is InChI=1S/C26H24FN3O4S/c1-17-7-12-23(33-2)21(13-17)28-24(31)15-34-25(32)16-35-26-29-20-5-3-4-6-22(20)30(26)14-18-8-10-19(27)11-9-18/h3-13H,14-16H2,1-2H3,(H,28,31). The minimum atomic E-state index is -0.540. The van der Waals surface area contributed by atoms with Gasteiger partial charge in [-0.3, -0.25) is 9.59 Å². The molecule has 0 saturated carbocycles. The van der Waals surface area contributed by atoms with Gasteiger partial charge in [-0.1, -0.05) is 42.1 Å². The Morgan fingerprint density at radius 2 is 1.86 bits per heavy atom. The molecule has 9 heteroatoms. The molecule has 1 heterocycles. The third-order valence-electron chi connectivity index (χ3n) is 5.19. The summed E-state index contributed by atoms with van der Waals surface area (Å²) in [6.45, 7) is 1.96. The summed E-state index contributed by atoms with van der Waals surface area (Å²) in [5, 5.41) is 3.32. The molecule has 35 heavy (non-hydrogen) atoms. The van der Waals surface area contributed by atoms with Gasteiger partial charge in [-0.05, 0) is 54.4 Å². The number of methoxy groups -OCH3 is 1. The zero-order chi connectivity index (χ0) is 24.8. The van der Waals surface area contributed by atoms with Crippen LogP contribution >= 0.6 is 11.8 Å². The summed E-state index contributed by atoms with van der Waals surface area (Å²) in [5.74, 6) is -0.803. The van der Waals surface area contributed by atoms with Crippen molar-refractivity contribution in [3.63, 3.8) is 0 Å². The number of nitrogens with one attached hydrogen (secondary N) is 1. The van der Waals surface area contributed by atoms with Crippen LogP contribution in [-0.4, -0.2) is 40.9 Å². The topological polar surface area (TPSA) is 82.4 Å². The maximum atomic E-state index is 13.3. The number of imidazole rings is 1. The highest BCUT2D eigenvalue weighted by molar-refractivity contribution is 7.99. The number of hydrogen-bond acceptors (Lipinski definition) is 6. The van der Waals surface area contributed by atoms with Crippen LogP contribution in [0.25, 0.3) is 11.0 Å². The Labute approximate surface area is 206 Å². The number of carbonyl (C=O) groups is 2. The number of fused-ring (bicyclic) bond motifs is 1. The van der Waals surface area contributed by atoms with E-state index in [1.165, 1.54) is 31.0 Å². The van der Waals surface area contributed by atoms with Crippen molar-refractivity contribution in [3.8, 4) is 5.75 Å². The van der Waals surface area contributed by atoms with Crippen LogP contribution in [0.1, 0.15) is 11.1 Å². The number of benzene rings is 3. The van der Waals surface area contributed by atoms with Crippen molar-refractivity contribution in [2.45, 2.75) is 18.6 Å². The summed E-state index contributed by atoms with van der Waals surface area (Å²) in [7, 11) is 1.51. The number of ether oxygens (including phenoxy) is 2. The van der Waals surface area contributed by atoms with Gasteiger partial charge in [-0.25, -0.2) is 9.37 Å². The van der Waals surface area contributed by atoms with E-state index in [1.54, 1.807) is 24.3 Å². The second-order valence-corrected chi connectivity index (χ2v) is 8.74. The molecule has 4 rings (SSSR count). The average Bonchev–Trinajstić information content (AvgIpc) is 3.20. The normalized spacial score (nSPS) is 10.8. The van der Waals surface area contributed by atoms with E-state index < -0.39 is 18.5 Å². The third-order valence-corrected chi connectivity index (χ3v) is 6.14. The van der Waals surface area contributed by atoms with Crippen molar-refractivity contribution in [1.82, 2.24) is 9.55 Å². The maximum Gasteiger partial charge on any atom is 0.316 e. The number of halogens is 1. The number of anilines is 1. The number of para-hydroxylation sites is 2. The predicted octanol–water partition coefficient (Wildman–Crippen LogP) is 4.81. The van der Waals surface area contributed by atoms with Crippen LogP contribution in [0.4, 0.5) is 10.1 Å². The molecule has 0 fully saturated rings. The largest absolute Gasteiger partial charge is 0.495 e. The molecule has 0 bridgehead atoms. The minimum absolute atomic E-state index is 0.0201. The summed E-state index contributed by atoms with van der Waals surface area (Å²) in [5.41, 5.74) is 4.06. The van der Waals surface area contributed by atoms with Crippen LogP contribution in [0.5, 0.6) is 5.75 Å². The van der Waals surface area contributed by atoms with Crippen LogP contribution in [0.2, 0.25) is 0 Å². The Morgan fingerprint density at radius 3 is 2.63 bits per heavy atom. The number of thioether (sulfide) groups is 1. The van der Waals surface area contributed by atoms with Crippen LogP contribution < -0.4 is 10.1 Å². The molecule has 0 unspecified atom stereocenters. The first-order valence-electron chi connectivity index (χ1n) is 10.9. The van der Waals surface area contributed by atoms with E-state index in [-0.39, 0.29) is 11.6 Å². The molecule has 0 aliphatic carbocycles. The minimum Gasteiger partial charge on any atom is -0.495 e. The van der Waals surface area contributed by atoms with Crippen molar-refractivity contribution in [1.29, 1.82) is 0 Å². The number of carbonyl (C=O) groups excluding carboxylic acids is 2. The number of esters is 1. The van der Waals surface area contributed by atoms with Crippen molar-refractivity contribution in [2.24, 2.45) is 0 Å². The third kappa shape index (κ3) is 6.19. The number of rotatable bonds is 9. The zero-order valence-electron chi connectivity index (χ0n) is 19.3. The Hall–Kier alpha value is -3.85. The summed E-state index contributed by atoms with van der Waals surface area (Å²) in [6.07, 6.45) is 0. The molecular formula is C26H24FN3O4S. The first-order valence-corrected chi connectivity index (χ1v) is 11.8. The first-order chi connectivity index (χ1) is 16.9. The van der Waals surface area contributed by atoms with Gasteiger partial charge in [0.1, 0.15) is 11.6 Å². The number of nitrogens with zero attached hydrogens (tertiary/aromatic N) is 2. The second kappa shape index (κ2) is 11.1. The smallest absolute Gasteiger partial charge is 0.316 e. The lowest BCUT2D eigenvalue weighted by atomic mass is 10.2. The maximum absolute atomic E-state index is 13.3. The van der Waals surface area contributed by atoms with Gasteiger partial charge in [0, 0.05) is 0 Å². The highest BCUT2D eigenvalue weighted by atomic mass is 32.2. The monoisotopic (exact) mass is 493 g/mol. The second-order valence-electron chi connectivity index (χ2n) is 7.80. The molecule has 3 aromatic carbocycles. The van der Waals surface area contributed by atoms with E-state index in [0.717, 1.165) is 22.2 Å². The van der Waals surface area contributed by atoms with E-state index in [2.05, 4.69) is 10.3 Å². The summed E-state index contributed by atoms with van der Waals surface area (Å²) < 4.78 is 25.7. The molecule has 1 N–H and O–H groups in total. The van der Waals surface area contributed by atoms with Gasteiger partial charge < -0.3 is 19.4 Å². The van der Waals surface area contributed by atoms with Crippen LogP contribution in [0, 0.1) is 12.7 Å². The van der Waals surface area contributed by atoms with Gasteiger partial charge in [0.2, 0.25) is 0 Å². The Balaban J connectivity index is 1.37. The molecule has 7 nitrogen and oxygen atoms in total. The van der Waals surface area contributed by atoms with Gasteiger partial charge in [0.25, 0.3) is 5.91 Å². The summed E-state index contributed by atoms with van der Waals surface area (Å²) in [6, 6.07) is 19.3. The van der Waals surface area contributed by atoms with E-state index in [4.69, 9.17) is 9.47 Å². The first kappa shape index (κ1) is 24.3. The fraction of sp³-hybridized carbons (Fsp3) is 0.192. The molecule has 1 aromatic heterocycles. The van der Waals surface area contributed by atoms with Gasteiger partial charge >= 0.3 is 5.97 Å². The van der Waals surface area contributed by atoms with E-state index in [1.807, 2.05) is 41.8 Å². The number of aromatic nitrogens is 2. The Morgan fingerprint density at radius 1 is 1.09 bits per heavy atom. The summed E-state index contributed by atoms with van der Waals surface area (Å²) in [4.78, 5) is 29.2. The molecule has 0 saturated heterocycles. The van der Waals surface area contributed by atoms with E-state index >= 15 is 0 Å². The Bertz CT molecular complexity index is 1350. The van der Waals surface area contributed by atoms with Crippen LogP contribution in [-0.2, 0) is 20.9 Å². The molecule has 1 amide bonds. The highest BCUT2D eigenvalue weighted by Crippen LogP contribution is 2.26. The van der Waals surface area contributed by atoms with Gasteiger partial charge in [0.05, 0.1) is 36.1 Å². The lowest BCUT2D eigenvalue weighted by molar-refractivity contribution is -0.144. The molecule has 0 aliphatic heterocycles. The number of hydrogen-bond donors (Lipinski definition) is 1. The highest BCUT2D eigenvalue weighted by Gasteiger charge is 2.15. The quantitative estimate of drug-likeness (QED) is 0.266. The van der Waals surface area contributed by atoms with E-state index in [0.29, 0.717) is 23.1 Å². The lowest BCUT2D eigenvalue weighted by Gasteiger charge is -2.11. The van der Waals surface area contributed by atoms with Crippen molar-refractivity contribution in [2.75, 3.05) is 24.8 Å². The molecule has 0 aliphatic rings. The number of amides is 1. The lowest BCUT2D eigenvalue weighted by Crippen LogP contribution is -2.22. The Kier molecular flexibility index (Phi) is 7.67. The fourth-order valence-electron chi connectivity index (χ4n) is 3.51. The average molecular weight is 494 g/mol. The molecule has 0 atom stereocenters. The van der Waals surface area contributed by atoms with E-state index in [9.17, 15) is 14.0 Å². The zero-order valence-corrected chi connectivity index (χ0v) is 20.1. The SMILES string of the molecule is COc1ccc(C)cc1NC(=O)COC(=O)CSc1nc2ccccc2n1Cc1ccc(F)cc1. The molecule has 0 radical (unpaired) electrons. The van der Waals surface area contributed by atoms with Crippen molar-refractivity contribution in [3.05, 3.63) is 83.7 Å². The molecule has 180 valence electrons. The van der Waals surface area contributed by atoms with Gasteiger partial charge in [-0.15, -0.1) is 0 Å².